The Morgan fingerprint density at radius 1 is 1.28 bits per heavy atom. The van der Waals surface area contributed by atoms with E-state index >= 15 is 0 Å². The van der Waals surface area contributed by atoms with Gasteiger partial charge in [-0.3, -0.25) is 9.59 Å². The van der Waals surface area contributed by atoms with Gasteiger partial charge in [0, 0.05) is 30.1 Å². The van der Waals surface area contributed by atoms with E-state index in [4.69, 9.17) is 0 Å². The summed E-state index contributed by atoms with van der Waals surface area (Å²) in [7, 11) is 0. The Morgan fingerprint density at radius 2 is 1.94 bits per heavy atom. The highest BCUT2D eigenvalue weighted by molar-refractivity contribution is 5.98. The van der Waals surface area contributed by atoms with Crippen LogP contribution in [-0.4, -0.2) is 30.8 Å². The van der Waals surface area contributed by atoms with Gasteiger partial charge < -0.3 is 10.6 Å². The molecule has 2 N–H and O–H groups in total. The summed E-state index contributed by atoms with van der Waals surface area (Å²) in [6, 6.07) is 7.07. The molecule has 4 nitrogen and oxygen atoms in total. The van der Waals surface area contributed by atoms with Crippen molar-refractivity contribution in [2.24, 2.45) is 0 Å². The number of amides is 1. The number of benzene rings is 1. The van der Waals surface area contributed by atoms with Crippen LogP contribution in [0.2, 0.25) is 0 Å². The average molecular weight is 246 g/mol. The molecule has 1 saturated heterocycles. The van der Waals surface area contributed by atoms with Crippen LogP contribution in [0.4, 0.5) is 0 Å². The zero-order valence-corrected chi connectivity index (χ0v) is 10.5. The molecule has 0 aromatic heterocycles. The van der Waals surface area contributed by atoms with Gasteiger partial charge in [0.15, 0.2) is 5.78 Å². The fourth-order valence-electron chi connectivity index (χ4n) is 2.06. The summed E-state index contributed by atoms with van der Waals surface area (Å²) in [4.78, 5) is 23.4. The predicted octanol–water partition coefficient (Wildman–Crippen LogP) is 1.37. The summed E-state index contributed by atoms with van der Waals surface area (Å²) in [5.74, 6) is 0.0288. The highest BCUT2D eigenvalue weighted by Crippen LogP contribution is 2.08. The van der Waals surface area contributed by atoms with Crippen molar-refractivity contribution in [2.75, 3.05) is 13.1 Å². The Hall–Kier alpha value is -1.68. The Kier molecular flexibility index (Phi) is 4.10. The lowest BCUT2D eigenvalue weighted by atomic mass is 10.1. The number of hydrogen-bond donors (Lipinski definition) is 2. The van der Waals surface area contributed by atoms with Crippen LogP contribution in [0, 0.1) is 0 Å². The Bertz CT molecular complexity index is 434. The molecule has 1 heterocycles. The van der Waals surface area contributed by atoms with Gasteiger partial charge in [-0.2, -0.15) is 0 Å². The van der Waals surface area contributed by atoms with Crippen molar-refractivity contribution in [3.05, 3.63) is 35.4 Å². The second kappa shape index (κ2) is 5.78. The minimum absolute atomic E-state index is 0.0702. The van der Waals surface area contributed by atoms with E-state index in [0.717, 1.165) is 19.5 Å². The summed E-state index contributed by atoms with van der Waals surface area (Å²) in [6.45, 7) is 3.61. The number of ketones is 1. The van der Waals surface area contributed by atoms with Crippen molar-refractivity contribution >= 4 is 11.7 Å². The van der Waals surface area contributed by atoms with E-state index in [0.29, 0.717) is 17.5 Å². The largest absolute Gasteiger partial charge is 0.348 e. The maximum Gasteiger partial charge on any atom is 0.251 e. The summed E-state index contributed by atoms with van der Waals surface area (Å²) in [6.07, 6.45) is 1.46. The molecule has 0 saturated carbocycles. The Labute approximate surface area is 107 Å². The molecule has 0 radical (unpaired) electrons. The van der Waals surface area contributed by atoms with Gasteiger partial charge in [0.1, 0.15) is 0 Å². The smallest absolute Gasteiger partial charge is 0.251 e. The van der Waals surface area contributed by atoms with Gasteiger partial charge in [-0.1, -0.05) is 19.1 Å². The maximum absolute atomic E-state index is 11.9. The van der Waals surface area contributed by atoms with E-state index in [1.165, 1.54) is 0 Å². The first-order valence-corrected chi connectivity index (χ1v) is 6.35. The quantitative estimate of drug-likeness (QED) is 0.789. The van der Waals surface area contributed by atoms with Gasteiger partial charge in [0.2, 0.25) is 0 Å². The molecule has 1 aromatic rings. The van der Waals surface area contributed by atoms with Gasteiger partial charge in [0.25, 0.3) is 5.91 Å². The molecule has 1 aromatic carbocycles. The molecule has 2 rings (SSSR count). The third-order valence-electron chi connectivity index (χ3n) is 3.19. The number of carbonyl (C=O) groups is 2. The lowest BCUT2D eigenvalue weighted by Gasteiger charge is -2.11. The zero-order chi connectivity index (χ0) is 13.0. The number of hydrogen-bond acceptors (Lipinski definition) is 3. The van der Waals surface area contributed by atoms with Crippen molar-refractivity contribution in [1.82, 2.24) is 10.6 Å². The zero-order valence-electron chi connectivity index (χ0n) is 10.5. The SMILES string of the molecule is CCC(=O)c1ccc(C(=O)NC2CCNC2)cc1. The predicted molar refractivity (Wildman–Crippen MR) is 69.8 cm³/mol. The summed E-state index contributed by atoms with van der Waals surface area (Å²) in [5, 5.41) is 6.17. The maximum atomic E-state index is 11.9. The topological polar surface area (TPSA) is 58.2 Å². The van der Waals surface area contributed by atoms with Crippen molar-refractivity contribution in [3.8, 4) is 0 Å². The van der Waals surface area contributed by atoms with E-state index in [1.807, 2.05) is 6.92 Å². The number of Topliss-reactive ketones (excluding diaryl/α,β-unsaturated/α-hetero) is 1. The third-order valence-corrected chi connectivity index (χ3v) is 3.19. The standard InChI is InChI=1S/C14H18N2O2/c1-2-13(17)10-3-5-11(6-4-10)14(18)16-12-7-8-15-9-12/h3-6,12,15H,2,7-9H2,1H3,(H,16,18). The van der Waals surface area contributed by atoms with Gasteiger partial charge in [0.05, 0.1) is 0 Å². The van der Waals surface area contributed by atoms with Crippen LogP contribution < -0.4 is 10.6 Å². The van der Waals surface area contributed by atoms with E-state index < -0.39 is 0 Å². The normalized spacial score (nSPS) is 18.6. The number of nitrogens with one attached hydrogen (secondary N) is 2. The first kappa shape index (κ1) is 12.8. The van der Waals surface area contributed by atoms with Crippen molar-refractivity contribution in [3.63, 3.8) is 0 Å². The fourth-order valence-corrected chi connectivity index (χ4v) is 2.06. The lowest BCUT2D eigenvalue weighted by molar-refractivity contribution is 0.0937. The minimum atomic E-state index is -0.0702. The second-order valence-corrected chi connectivity index (χ2v) is 4.52. The molecule has 0 spiro atoms. The average Bonchev–Trinajstić information content (AvgIpc) is 2.91. The van der Waals surface area contributed by atoms with Crippen LogP contribution in [0.25, 0.3) is 0 Å². The summed E-state index contributed by atoms with van der Waals surface area (Å²) >= 11 is 0. The highest BCUT2D eigenvalue weighted by Gasteiger charge is 2.17. The fraction of sp³-hybridized carbons (Fsp3) is 0.429. The molecule has 1 atom stereocenters. The first-order valence-electron chi connectivity index (χ1n) is 6.35. The van der Waals surface area contributed by atoms with Crippen LogP contribution in [0.3, 0.4) is 0 Å². The number of carbonyl (C=O) groups excluding carboxylic acids is 2. The Balaban J connectivity index is 2.00. The highest BCUT2D eigenvalue weighted by atomic mass is 16.1. The van der Waals surface area contributed by atoms with E-state index in [1.54, 1.807) is 24.3 Å². The van der Waals surface area contributed by atoms with Crippen LogP contribution in [0.5, 0.6) is 0 Å². The first-order chi connectivity index (χ1) is 8.70. The third kappa shape index (κ3) is 2.96. The van der Waals surface area contributed by atoms with E-state index in [2.05, 4.69) is 10.6 Å². The molecule has 1 amide bonds. The molecule has 4 heteroatoms. The van der Waals surface area contributed by atoms with Crippen molar-refractivity contribution in [1.29, 1.82) is 0 Å². The molecule has 18 heavy (non-hydrogen) atoms. The van der Waals surface area contributed by atoms with Gasteiger partial charge in [-0.25, -0.2) is 0 Å². The molecular weight excluding hydrogens is 228 g/mol. The van der Waals surface area contributed by atoms with Crippen LogP contribution >= 0.6 is 0 Å². The second-order valence-electron chi connectivity index (χ2n) is 4.52. The van der Waals surface area contributed by atoms with Gasteiger partial charge in [-0.15, -0.1) is 0 Å². The van der Waals surface area contributed by atoms with Gasteiger partial charge >= 0.3 is 0 Å². The molecule has 96 valence electrons. The molecular formula is C14H18N2O2. The lowest BCUT2D eigenvalue weighted by Crippen LogP contribution is -2.36. The van der Waals surface area contributed by atoms with Gasteiger partial charge in [-0.05, 0) is 25.1 Å². The van der Waals surface area contributed by atoms with Crippen LogP contribution in [0.15, 0.2) is 24.3 Å². The summed E-state index contributed by atoms with van der Waals surface area (Å²) < 4.78 is 0. The number of rotatable bonds is 4. The van der Waals surface area contributed by atoms with Crippen molar-refractivity contribution in [2.45, 2.75) is 25.8 Å². The Morgan fingerprint density at radius 3 is 2.50 bits per heavy atom. The molecule has 0 bridgehead atoms. The van der Waals surface area contributed by atoms with Crippen LogP contribution in [0.1, 0.15) is 40.5 Å². The molecule has 1 aliphatic heterocycles. The van der Waals surface area contributed by atoms with Crippen LogP contribution in [-0.2, 0) is 0 Å². The molecule has 0 aliphatic carbocycles. The minimum Gasteiger partial charge on any atom is -0.348 e. The monoisotopic (exact) mass is 246 g/mol. The molecule has 1 unspecified atom stereocenters. The van der Waals surface area contributed by atoms with Crippen molar-refractivity contribution < 1.29 is 9.59 Å². The summed E-state index contributed by atoms with van der Waals surface area (Å²) in [5.41, 5.74) is 1.27. The van der Waals surface area contributed by atoms with E-state index in [-0.39, 0.29) is 17.7 Å². The van der Waals surface area contributed by atoms with E-state index in [9.17, 15) is 9.59 Å². The molecule has 1 fully saturated rings. The molecule has 1 aliphatic rings.